The zero-order valence-electron chi connectivity index (χ0n) is 15.6. The minimum absolute atomic E-state index is 0.115. The number of imide groups is 1. The van der Waals surface area contributed by atoms with E-state index in [9.17, 15) is 19.2 Å². The highest BCUT2D eigenvalue weighted by Gasteiger charge is 2.37. The lowest BCUT2D eigenvalue weighted by Crippen LogP contribution is -2.63. The molecule has 2 aromatic rings. The molecule has 0 bridgehead atoms. The fourth-order valence-corrected chi connectivity index (χ4v) is 3.67. The molecule has 2 unspecified atom stereocenters. The highest BCUT2D eigenvalue weighted by Crippen LogP contribution is 2.21. The number of furan rings is 1. The zero-order chi connectivity index (χ0) is 21.1. The van der Waals surface area contributed by atoms with Gasteiger partial charge in [-0.15, -0.1) is 11.3 Å². The fourth-order valence-electron chi connectivity index (χ4n) is 2.89. The summed E-state index contributed by atoms with van der Waals surface area (Å²) in [5.41, 5.74) is 0. The van der Waals surface area contributed by atoms with E-state index in [2.05, 4.69) is 21.1 Å². The SMILES string of the molecule is O=C1NCC1NC(=O)C(NC(=O)N1CCN(N=Cc2ccco2)C1=O)c1cccs1. The van der Waals surface area contributed by atoms with Crippen molar-refractivity contribution in [3.8, 4) is 0 Å². The van der Waals surface area contributed by atoms with Gasteiger partial charge in [0.05, 0.1) is 25.6 Å². The molecule has 0 aliphatic carbocycles. The van der Waals surface area contributed by atoms with E-state index in [-0.39, 0.29) is 19.0 Å². The maximum Gasteiger partial charge on any atom is 0.348 e. The van der Waals surface area contributed by atoms with Crippen LogP contribution in [0.3, 0.4) is 0 Å². The Morgan fingerprint density at radius 3 is 2.80 bits per heavy atom. The predicted octanol–water partition coefficient (Wildman–Crippen LogP) is 0.478. The van der Waals surface area contributed by atoms with Crippen molar-refractivity contribution in [1.82, 2.24) is 25.9 Å². The Bertz CT molecular complexity index is 973. The van der Waals surface area contributed by atoms with Gasteiger partial charge in [-0.05, 0) is 23.6 Å². The summed E-state index contributed by atoms with van der Waals surface area (Å²) in [7, 11) is 0. The molecule has 2 saturated heterocycles. The number of thiophene rings is 1. The Kier molecular flexibility index (Phi) is 5.48. The molecule has 0 saturated carbocycles. The number of carbonyl (C=O) groups is 4. The summed E-state index contributed by atoms with van der Waals surface area (Å²) in [5.74, 6) is -0.329. The Labute approximate surface area is 174 Å². The summed E-state index contributed by atoms with van der Waals surface area (Å²) in [6, 6.07) is 3.82. The van der Waals surface area contributed by atoms with Gasteiger partial charge in [-0.3, -0.25) is 9.59 Å². The molecule has 2 aliphatic rings. The summed E-state index contributed by atoms with van der Waals surface area (Å²) < 4.78 is 5.12. The quantitative estimate of drug-likeness (QED) is 0.452. The molecule has 2 fully saturated rings. The molecule has 11 nitrogen and oxygen atoms in total. The third-order valence-electron chi connectivity index (χ3n) is 4.57. The number of β-lactam (4-membered cyclic amide) rings is 1. The van der Waals surface area contributed by atoms with Gasteiger partial charge in [-0.25, -0.2) is 19.5 Å². The van der Waals surface area contributed by atoms with Crippen LogP contribution in [0.2, 0.25) is 0 Å². The molecule has 156 valence electrons. The van der Waals surface area contributed by atoms with E-state index in [4.69, 9.17) is 4.42 Å². The van der Waals surface area contributed by atoms with Gasteiger partial charge in [0, 0.05) is 11.4 Å². The number of hydrogen-bond acceptors (Lipinski definition) is 7. The summed E-state index contributed by atoms with van der Waals surface area (Å²) in [6.45, 7) is 0.661. The number of nitrogens with one attached hydrogen (secondary N) is 3. The summed E-state index contributed by atoms with van der Waals surface area (Å²) in [5, 5.41) is 14.7. The van der Waals surface area contributed by atoms with E-state index in [1.165, 1.54) is 23.8 Å². The maximum absolute atomic E-state index is 12.7. The molecule has 3 N–H and O–H groups in total. The van der Waals surface area contributed by atoms with Gasteiger partial charge >= 0.3 is 12.1 Å². The predicted molar refractivity (Wildman–Crippen MR) is 106 cm³/mol. The average Bonchev–Trinajstić information content (AvgIpc) is 3.49. The average molecular weight is 430 g/mol. The van der Waals surface area contributed by atoms with Crippen LogP contribution in [-0.4, -0.2) is 65.7 Å². The first-order valence-electron chi connectivity index (χ1n) is 9.11. The van der Waals surface area contributed by atoms with Crippen molar-refractivity contribution in [3.63, 3.8) is 0 Å². The topological polar surface area (TPSA) is 136 Å². The van der Waals surface area contributed by atoms with Gasteiger partial charge < -0.3 is 20.4 Å². The molecule has 30 heavy (non-hydrogen) atoms. The first-order valence-corrected chi connectivity index (χ1v) is 9.99. The molecule has 0 aromatic carbocycles. The van der Waals surface area contributed by atoms with Crippen LogP contribution in [0.4, 0.5) is 9.59 Å². The monoisotopic (exact) mass is 430 g/mol. The highest BCUT2D eigenvalue weighted by molar-refractivity contribution is 7.10. The van der Waals surface area contributed by atoms with Crippen LogP contribution >= 0.6 is 11.3 Å². The third-order valence-corrected chi connectivity index (χ3v) is 5.51. The van der Waals surface area contributed by atoms with E-state index < -0.39 is 30.1 Å². The van der Waals surface area contributed by atoms with Crippen molar-refractivity contribution < 1.29 is 23.6 Å². The Hall–Kier alpha value is -3.67. The van der Waals surface area contributed by atoms with Crippen molar-refractivity contribution in [1.29, 1.82) is 0 Å². The lowest BCUT2D eigenvalue weighted by Gasteiger charge is -2.29. The molecule has 2 aliphatic heterocycles. The number of nitrogens with zero attached hydrogens (tertiary/aromatic N) is 3. The normalized spacial score (nSPS) is 19.5. The molecule has 2 atom stereocenters. The van der Waals surface area contributed by atoms with Crippen LogP contribution in [0.5, 0.6) is 0 Å². The van der Waals surface area contributed by atoms with Crippen LogP contribution in [-0.2, 0) is 9.59 Å². The van der Waals surface area contributed by atoms with Gasteiger partial charge in [0.2, 0.25) is 11.8 Å². The number of carbonyl (C=O) groups excluding carboxylic acids is 4. The standard InChI is InChI=1S/C18H18N6O5S/c25-15-12(10-19-15)21-16(26)14(13-4-2-8-30-13)22-17(27)23-5-6-24(18(23)28)20-9-11-3-1-7-29-11/h1-4,7-9,12,14H,5-6,10H2,(H,19,25)(H,21,26)(H,22,27). The third kappa shape index (κ3) is 4.03. The molecule has 0 spiro atoms. The minimum Gasteiger partial charge on any atom is -0.463 e. The van der Waals surface area contributed by atoms with Gasteiger partial charge in [0.1, 0.15) is 17.8 Å². The molecule has 2 aromatic heterocycles. The van der Waals surface area contributed by atoms with Gasteiger partial charge in [0.15, 0.2) is 0 Å². The van der Waals surface area contributed by atoms with Crippen LogP contribution < -0.4 is 16.0 Å². The Balaban J connectivity index is 1.41. The van der Waals surface area contributed by atoms with E-state index in [0.717, 1.165) is 9.91 Å². The van der Waals surface area contributed by atoms with E-state index >= 15 is 0 Å². The fraction of sp³-hybridized carbons (Fsp3) is 0.278. The van der Waals surface area contributed by atoms with Gasteiger partial charge in [-0.1, -0.05) is 6.07 Å². The van der Waals surface area contributed by atoms with Gasteiger partial charge in [-0.2, -0.15) is 5.10 Å². The number of hydrazone groups is 1. The van der Waals surface area contributed by atoms with Crippen molar-refractivity contribution in [3.05, 3.63) is 46.5 Å². The van der Waals surface area contributed by atoms with Crippen molar-refractivity contribution in [2.45, 2.75) is 12.1 Å². The first-order chi connectivity index (χ1) is 14.5. The second kappa shape index (κ2) is 8.37. The molecule has 6 amide bonds. The van der Waals surface area contributed by atoms with E-state index in [0.29, 0.717) is 17.2 Å². The molecule has 0 radical (unpaired) electrons. The number of urea groups is 2. The zero-order valence-corrected chi connectivity index (χ0v) is 16.4. The van der Waals surface area contributed by atoms with Crippen LogP contribution in [0.15, 0.2) is 45.4 Å². The van der Waals surface area contributed by atoms with Crippen molar-refractivity contribution >= 4 is 41.4 Å². The van der Waals surface area contributed by atoms with Gasteiger partial charge in [0.25, 0.3) is 0 Å². The summed E-state index contributed by atoms with van der Waals surface area (Å²) >= 11 is 1.28. The summed E-state index contributed by atoms with van der Waals surface area (Å²) in [4.78, 5) is 50.9. The largest absolute Gasteiger partial charge is 0.463 e. The Morgan fingerprint density at radius 1 is 1.30 bits per heavy atom. The molecule has 4 rings (SSSR count). The van der Waals surface area contributed by atoms with E-state index in [1.54, 1.807) is 29.6 Å². The number of hydrogen-bond donors (Lipinski definition) is 3. The van der Waals surface area contributed by atoms with Crippen LogP contribution in [0.1, 0.15) is 16.7 Å². The molecule has 12 heteroatoms. The maximum atomic E-state index is 12.7. The van der Waals surface area contributed by atoms with Crippen LogP contribution in [0, 0.1) is 0 Å². The number of amides is 6. The molecular weight excluding hydrogens is 412 g/mol. The minimum atomic E-state index is -1.03. The lowest BCUT2D eigenvalue weighted by molar-refractivity contribution is -0.134. The highest BCUT2D eigenvalue weighted by atomic mass is 32.1. The Morgan fingerprint density at radius 2 is 2.17 bits per heavy atom. The molecule has 4 heterocycles. The van der Waals surface area contributed by atoms with Crippen LogP contribution in [0.25, 0.3) is 0 Å². The second-order valence-electron chi connectivity index (χ2n) is 6.52. The van der Waals surface area contributed by atoms with Crippen molar-refractivity contribution in [2.24, 2.45) is 5.10 Å². The van der Waals surface area contributed by atoms with E-state index in [1.807, 2.05) is 0 Å². The first kappa shape index (κ1) is 19.6. The smallest absolute Gasteiger partial charge is 0.348 e. The van der Waals surface area contributed by atoms with Crippen molar-refractivity contribution in [2.75, 3.05) is 19.6 Å². The molecular formula is C18H18N6O5S. The summed E-state index contributed by atoms with van der Waals surface area (Å²) in [6.07, 6.45) is 2.86. The second-order valence-corrected chi connectivity index (χ2v) is 7.50. The lowest BCUT2D eigenvalue weighted by atomic mass is 10.1. The number of rotatable bonds is 6.